The van der Waals surface area contributed by atoms with Crippen molar-refractivity contribution in [3.63, 3.8) is 0 Å². The number of thiophene rings is 1. The Morgan fingerprint density at radius 2 is 2.29 bits per heavy atom. The third-order valence-electron chi connectivity index (χ3n) is 2.80. The van der Waals surface area contributed by atoms with E-state index in [2.05, 4.69) is 22.8 Å². The Morgan fingerprint density at radius 1 is 1.53 bits per heavy atom. The Hall–Kier alpha value is -0.870. The molecule has 0 amide bonds. The van der Waals surface area contributed by atoms with E-state index < -0.39 is 0 Å². The molecule has 1 rings (SSSR count). The van der Waals surface area contributed by atoms with Gasteiger partial charge in [-0.3, -0.25) is 4.79 Å². The van der Waals surface area contributed by atoms with Crippen molar-refractivity contribution in [2.75, 3.05) is 20.2 Å². The molecule has 1 N–H and O–H groups in total. The second kappa shape index (κ2) is 7.45. The molecule has 0 saturated carbocycles. The molecule has 0 aliphatic rings. The van der Waals surface area contributed by atoms with Crippen molar-refractivity contribution in [1.82, 2.24) is 5.32 Å². The van der Waals surface area contributed by atoms with Crippen LogP contribution in [0.15, 0.2) is 17.5 Å². The molecule has 4 heteroatoms. The lowest BCUT2D eigenvalue weighted by molar-refractivity contribution is -0.146. The summed E-state index contributed by atoms with van der Waals surface area (Å²) in [5, 5.41) is 5.41. The van der Waals surface area contributed by atoms with Crippen LogP contribution in [0.5, 0.6) is 0 Å². The minimum atomic E-state index is -0.122. The van der Waals surface area contributed by atoms with Crippen molar-refractivity contribution in [3.8, 4) is 0 Å². The third-order valence-corrected chi connectivity index (χ3v) is 3.74. The SMILES string of the molecule is COC(=O)C(CNCCc1cccs1)C(C)C. The Morgan fingerprint density at radius 3 is 2.82 bits per heavy atom. The average molecular weight is 255 g/mol. The molecular formula is C13H21NO2S. The van der Waals surface area contributed by atoms with Gasteiger partial charge >= 0.3 is 5.97 Å². The molecule has 0 aliphatic heterocycles. The molecule has 1 aromatic rings. The molecule has 1 aromatic heterocycles. The predicted molar refractivity (Wildman–Crippen MR) is 71.2 cm³/mol. The van der Waals surface area contributed by atoms with Crippen molar-refractivity contribution in [1.29, 1.82) is 0 Å². The smallest absolute Gasteiger partial charge is 0.310 e. The lowest BCUT2D eigenvalue weighted by atomic mass is 9.96. The third kappa shape index (κ3) is 4.88. The second-order valence-corrected chi connectivity index (χ2v) is 5.44. The number of ether oxygens (including phenoxy) is 1. The van der Waals surface area contributed by atoms with Gasteiger partial charge in [0, 0.05) is 11.4 Å². The summed E-state index contributed by atoms with van der Waals surface area (Å²) in [5.41, 5.74) is 0. The number of nitrogens with one attached hydrogen (secondary N) is 1. The molecular weight excluding hydrogens is 234 g/mol. The Kier molecular flexibility index (Phi) is 6.22. The van der Waals surface area contributed by atoms with Crippen LogP contribution in [0.25, 0.3) is 0 Å². The van der Waals surface area contributed by atoms with Gasteiger partial charge in [-0.1, -0.05) is 19.9 Å². The maximum Gasteiger partial charge on any atom is 0.310 e. The zero-order valence-corrected chi connectivity index (χ0v) is 11.5. The molecule has 0 radical (unpaired) electrons. The highest BCUT2D eigenvalue weighted by molar-refractivity contribution is 7.09. The van der Waals surface area contributed by atoms with E-state index >= 15 is 0 Å². The van der Waals surface area contributed by atoms with Gasteiger partial charge in [0.05, 0.1) is 13.0 Å². The van der Waals surface area contributed by atoms with Gasteiger partial charge in [-0.25, -0.2) is 0 Å². The highest BCUT2D eigenvalue weighted by Gasteiger charge is 2.22. The molecule has 1 unspecified atom stereocenters. The first-order chi connectivity index (χ1) is 8.15. The fourth-order valence-corrected chi connectivity index (χ4v) is 2.38. The monoisotopic (exact) mass is 255 g/mol. The Bertz CT molecular complexity index is 322. The summed E-state index contributed by atoms with van der Waals surface area (Å²) < 4.78 is 4.80. The van der Waals surface area contributed by atoms with Crippen LogP contribution >= 0.6 is 11.3 Å². The number of carbonyl (C=O) groups is 1. The van der Waals surface area contributed by atoms with Crippen LogP contribution in [0.3, 0.4) is 0 Å². The van der Waals surface area contributed by atoms with Crippen molar-refractivity contribution < 1.29 is 9.53 Å². The highest BCUT2D eigenvalue weighted by atomic mass is 32.1. The Balaban J connectivity index is 2.25. The fourth-order valence-electron chi connectivity index (χ4n) is 1.67. The van der Waals surface area contributed by atoms with Gasteiger partial charge in [-0.2, -0.15) is 0 Å². The van der Waals surface area contributed by atoms with E-state index in [4.69, 9.17) is 4.74 Å². The van der Waals surface area contributed by atoms with Crippen molar-refractivity contribution in [3.05, 3.63) is 22.4 Å². The van der Waals surface area contributed by atoms with Crippen molar-refractivity contribution in [2.24, 2.45) is 11.8 Å². The number of hydrogen-bond acceptors (Lipinski definition) is 4. The van der Waals surface area contributed by atoms with Gasteiger partial charge in [0.15, 0.2) is 0 Å². The van der Waals surface area contributed by atoms with E-state index in [1.165, 1.54) is 12.0 Å². The topological polar surface area (TPSA) is 38.3 Å². The van der Waals surface area contributed by atoms with Gasteiger partial charge in [0.1, 0.15) is 0 Å². The fraction of sp³-hybridized carbons (Fsp3) is 0.615. The molecule has 3 nitrogen and oxygen atoms in total. The summed E-state index contributed by atoms with van der Waals surface area (Å²) >= 11 is 1.77. The van der Waals surface area contributed by atoms with E-state index in [1.54, 1.807) is 11.3 Å². The van der Waals surface area contributed by atoms with E-state index in [0.29, 0.717) is 12.5 Å². The first kappa shape index (κ1) is 14.2. The number of rotatable bonds is 7. The Labute approximate surface area is 107 Å². The molecule has 17 heavy (non-hydrogen) atoms. The summed E-state index contributed by atoms with van der Waals surface area (Å²) in [4.78, 5) is 12.9. The standard InChI is InChI=1S/C13H21NO2S/c1-10(2)12(13(15)16-3)9-14-7-6-11-5-4-8-17-11/h4-5,8,10,12,14H,6-7,9H2,1-3H3. The maximum absolute atomic E-state index is 11.5. The summed E-state index contributed by atoms with van der Waals surface area (Å²) in [7, 11) is 1.45. The van der Waals surface area contributed by atoms with Crippen molar-refractivity contribution >= 4 is 17.3 Å². The largest absolute Gasteiger partial charge is 0.469 e. The van der Waals surface area contributed by atoms with Gasteiger partial charge in [0.25, 0.3) is 0 Å². The quantitative estimate of drug-likeness (QED) is 0.600. The first-order valence-electron chi connectivity index (χ1n) is 5.96. The van der Waals surface area contributed by atoms with Gasteiger partial charge in [-0.05, 0) is 30.3 Å². The molecule has 0 bridgehead atoms. The average Bonchev–Trinajstić information content (AvgIpc) is 2.80. The first-order valence-corrected chi connectivity index (χ1v) is 6.84. The zero-order chi connectivity index (χ0) is 12.7. The second-order valence-electron chi connectivity index (χ2n) is 4.41. The van der Waals surface area contributed by atoms with Gasteiger partial charge in [0.2, 0.25) is 0 Å². The van der Waals surface area contributed by atoms with E-state index in [1.807, 2.05) is 13.8 Å². The minimum absolute atomic E-state index is 0.0525. The zero-order valence-electron chi connectivity index (χ0n) is 10.7. The van der Waals surface area contributed by atoms with Crippen LogP contribution in [-0.2, 0) is 16.0 Å². The predicted octanol–water partition coefficient (Wildman–Crippen LogP) is 2.33. The summed E-state index contributed by atoms with van der Waals surface area (Å²) in [6, 6.07) is 4.19. The van der Waals surface area contributed by atoms with E-state index in [-0.39, 0.29) is 11.9 Å². The number of carbonyl (C=O) groups excluding carboxylic acids is 1. The molecule has 1 atom stereocenters. The van der Waals surface area contributed by atoms with Crippen LogP contribution in [0.4, 0.5) is 0 Å². The number of esters is 1. The van der Waals surface area contributed by atoms with Crippen LogP contribution in [0.2, 0.25) is 0 Å². The van der Waals surface area contributed by atoms with Crippen LogP contribution in [0.1, 0.15) is 18.7 Å². The molecule has 0 aliphatic carbocycles. The number of hydrogen-bond donors (Lipinski definition) is 1. The summed E-state index contributed by atoms with van der Waals surface area (Å²) in [6.45, 7) is 5.68. The lowest BCUT2D eigenvalue weighted by Gasteiger charge is -2.18. The summed E-state index contributed by atoms with van der Waals surface area (Å²) in [6.07, 6.45) is 1.02. The van der Waals surface area contributed by atoms with Crippen LogP contribution < -0.4 is 5.32 Å². The molecule has 0 saturated heterocycles. The van der Waals surface area contributed by atoms with Crippen LogP contribution in [0, 0.1) is 11.8 Å². The molecule has 1 heterocycles. The lowest BCUT2D eigenvalue weighted by Crippen LogP contribution is -2.33. The highest BCUT2D eigenvalue weighted by Crippen LogP contribution is 2.12. The van der Waals surface area contributed by atoms with E-state index in [0.717, 1.165) is 13.0 Å². The minimum Gasteiger partial charge on any atom is -0.469 e. The number of methoxy groups -OCH3 is 1. The maximum atomic E-state index is 11.5. The normalized spacial score (nSPS) is 12.7. The molecule has 0 aromatic carbocycles. The van der Waals surface area contributed by atoms with Crippen LogP contribution in [-0.4, -0.2) is 26.2 Å². The molecule has 96 valence electrons. The van der Waals surface area contributed by atoms with E-state index in [9.17, 15) is 4.79 Å². The molecule has 0 fully saturated rings. The van der Waals surface area contributed by atoms with Crippen molar-refractivity contribution in [2.45, 2.75) is 20.3 Å². The summed E-state index contributed by atoms with van der Waals surface area (Å²) in [5.74, 6) is 0.128. The molecule has 0 spiro atoms. The van der Waals surface area contributed by atoms with Gasteiger partial charge < -0.3 is 10.1 Å². The van der Waals surface area contributed by atoms with Gasteiger partial charge in [-0.15, -0.1) is 11.3 Å².